The first-order valence-corrected chi connectivity index (χ1v) is 12.9. The van der Waals surface area contributed by atoms with Gasteiger partial charge < -0.3 is 9.32 Å². The molecule has 2 heteroatoms. The first-order chi connectivity index (χ1) is 18.8. The molecular formula is C36H25NO. The molecule has 0 spiro atoms. The molecule has 0 radical (unpaired) electrons. The number of anilines is 3. The number of nitrogens with zero attached hydrogens (tertiary/aromatic N) is 1. The van der Waals surface area contributed by atoms with E-state index in [9.17, 15) is 0 Å². The van der Waals surface area contributed by atoms with Gasteiger partial charge in [-0.3, -0.25) is 0 Å². The van der Waals surface area contributed by atoms with Crippen molar-refractivity contribution in [2.75, 3.05) is 4.90 Å². The standard InChI is InChI=1S/C36H25NO/c1-3-10-26(11-4-1)27-18-22-30(23-19-27)37(29-12-5-2-6-13-29)31-24-20-28(21-25-31)32-15-9-16-34-33-14-7-8-17-35(33)38-36(32)34/h1-25H. The molecule has 0 unspecified atom stereocenters. The number of para-hydroxylation sites is 3. The van der Waals surface area contributed by atoms with Crippen LogP contribution >= 0.6 is 0 Å². The Hall–Kier alpha value is -5.08. The van der Waals surface area contributed by atoms with E-state index >= 15 is 0 Å². The molecule has 0 aliphatic rings. The van der Waals surface area contributed by atoms with Crippen molar-refractivity contribution in [2.24, 2.45) is 0 Å². The molecule has 0 fully saturated rings. The lowest BCUT2D eigenvalue weighted by Crippen LogP contribution is -2.09. The average Bonchev–Trinajstić information content (AvgIpc) is 3.38. The maximum absolute atomic E-state index is 6.29. The molecule has 0 N–H and O–H groups in total. The molecule has 0 aliphatic heterocycles. The summed E-state index contributed by atoms with van der Waals surface area (Å²) in [6.07, 6.45) is 0. The fraction of sp³-hybridized carbons (Fsp3) is 0. The molecule has 7 aromatic rings. The lowest BCUT2D eigenvalue weighted by atomic mass is 10.0. The van der Waals surface area contributed by atoms with Gasteiger partial charge in [-0.2, -0.15) is 0 Å². The molecule has 1 heterocycles. The van der Waals surface area contributed by atoms with Crippen LogP contribution in [0.3, 0.4) is 0 Å². The second kappa shape index (κ2) is 9.42. The highest BCUT2D eigenvalue weighted by atomic mass is 16.3. The monoisotopic (exact) mass is 487 g/mol. The highest BCUT2D eigenvalue weighted by Crippen LogP contribution is 2.39. The maximum Gasteiger partial charge on any atom is 0.143 e. The summed E-state index contributed by atoms with van der Waals surface area (Å²) in [4.78, 5) is 2.29. The Balaban J connectivity index is 1.29. The van der Waals surface area contributed by atoms with Crippen LogP contribution in [0.2, 0.25) is 0 Å². The number of fused-ring (bicyclic) bond motifs is 3. The van der Waals surface area contributed by atoms with Gasteiger partial charge in [-0.25, -0.2) is 0 Å². The second-order valence-corrected chi connectivity index (χ2v) is 9.41. The Kier molecular flexibility index (Phi) is 5.49. The molecule has 180 valence electrons. The smallest absolute Gasteiger partial charge is 0.143 e. The zero-order valence-electron chi connectivity index (χ0n) is 20.8. The van der Waals surface area contributed by atoms with Crippen molar-refractivity contribution >= 4 is 39.0 Å². The largest absolute Gasteiger partial charge is 0.455 e. The highest BCUT2D eigenvalue weighted by molar-refractivity contribution is 6.09. The zero-order chi connectivity index (χ0) is 25.3. The van der Waals surface area contributed by atoms with Crippen LogP contribution in [0.4, 0.5) is 17.1 Å². The molecule has 0 aliphatic carbocycles. The van der Waals surface area contributed by atoms with Crippen LogP contribution in [0, 0.1) is 0 Å². The summed E-state index contributed by atoms with van der Waals surface area (Å²) in [6, 6.07) is 53.1. The van der Waals surface area contributed by atoms with E-state index in [4.69, 9.17) is 4.42 Å². The van der Waals surface area contributed by atoms with Gasteiger partial charge in [-0.15, -0.1) is 0 Å². The first-order valence-electron chi connectivity index (χ1n) is 12.9. The Labute approximate surface area is 222 Å². The van der Waals surface area contributed by atoms with Crippen LogP contribution in [0.25, 0.3) is 44.2 Å². The topological polar surface area (TPSA) is 16.4 Å². The van der Waals surface area contributed by atoms with E-state index in [0.717, 1.165) is 50.1 Å². The van der Waals surface area contributed by atoms with Gasteiger partial charge in [-0.05, 0) is 59.2 Å². The van der Waals surface area contributed by atoms with Crippen LogP contribution in [-0.4, -0.2) is 0 Å². The van der Waals surface area contributed by atoms with Gasteiger partial charge in [0.2, 0.25) is 0 Å². The molecule has 0 saturated carbocycles. The number of hydrogen-bond acceptors (Lipinski definition) is 2. The van der Waals surface area contributed by atoms with E-state index < -0.39 is 0 Å². The van der Waals surface area contributed by atoms with Gasteiger partial charge >= 0.3 is 0 Å². The van der Waals surface area contributed by atoms with Crippen molar-refractivity contribution in [3.05, 3.63) is 152 Å². The number of rotatable bonds is 5. The third kappa shape index (κ3) is 3.93. The van der Waals surface area contributed by atoms with Crippen LogP contribution in [0.1, 0.15) is 0 Å². The maximum atomic E-state index is 6.29. The molecule has 38 heavy (non-hydrogen) atoms. The minimum atomic E-state index is 0.917. The Morgan fingerprint density at radius 3 is 1.61 bits per heavy atom. The van der Waals surface area contributed by atoms with E-state index in [1.165, 1.54) is 11.1 Å². The molecule has 7 rings (SSSR count). The van der Waals surface area contributed by atoms with Gasteiger partial charge in [0, 0.05) is 33.4 Å². The molecule has 0 saturated heterocycles. The predicted octanol–water partition coefficient (Wildman–Crippen LogP) is 10.4. The van der Waals surface area contributed by atoms with Crippen molar-refractivity contribution in [1.29, 1.82) is 0 Å². The molecule has 0 atom stereocenters. The van der Waals surface area contributed by atoms with Crippen LogP contribution in [-0.2, 0) is 0 Å². The molecular weight excluding hydrogens is 462 g/mol. The minimum absolute atomic E-state index is 0.917. The second-order valence-electron chi connectivity index (χ2n) is 9.41. The minimum Gasteiger partial charge on any atom is -0.455 e. The van der Waals surface area contributed by atoms with E-state index in [1.807, 2.05) is 18.2 Å². The predicted molar refractivity (Wildman–Crippen MR) is 159 cm³/mol. The van der Waals surface area contributed by atoms with Crippen molar-refractivity contribution in [2.45, 2.75) is 0 Å². The van der Waals surface area contributed by atoms with Gasteiger partial charge in [0.1, 0.15) is 11.2 Å². The Morgan fingerprint density at radius 2 is 0.895 bits per heavy atom. The lowest BCUT2D eigenvalue weighted by molar-refractivity contribution is 0.670. The van der Waals surface area contributed by atoms with Gasteiger partial charge in [0.05, 0.1) is 0 Å². The van der Waals surface area contributed by atoms with Crippen LogP contribution in [0.15, 0.2) is 156 Å². The SMILES string of the molecule is c1ccc(-c2ccc(N(c3ccccc3)c3ccc(-c4cccc5c4oc4ccccc45)cc3)cc2)cc1. The third-order valence-corrected chi connectivity index (χ3v) is 7.09. The summed E-state index contributed by atoms with van der Waals surface area (Å²) in [5.41, 5.74) is 9.83. The summed E-state index contributed by atoms with van der Waals surface area (Å²) in [6.45, 7) is 0. The summed E-state index contributed by atoms with van der Waals surface area (Å²) >= 11 is 0. The van der Waals surface area contributed by atoms with E-state index in [1.54, 1.807) is 0 Å². The summed E-state index contributed by atoms with van der Waals surface area (Å²) in [5, 5.41) is 2.29. The fourth-order valence-corrected chi connectivity index (χ4v) is 5.22. The van der Waals surface area contributed by atoms with Gasteiger partial charge in [0.25, 0.3) is 0 Å². The number of hydrogen-bond donors (Lipinski definition) is 0. The van der Waals surface area contributed by atoms with E-state index in [2.05, 4.69) is 138 Å². The highest BCUT2D eigenvalue weighted by Gasteiger charge is 2.15. The van der Waals surface area contributed by atoms with E-state index in [0.29, 0.717) is 0 Å². The van der Waals surface area contributed by atoms with Crippen LogP contribution < -0.4 is 4.90 Å². The van der Waals surface area contributed by atoms with Crippen molar-refractivity contribution in [3.8, 4) is 22.3 Å². The Bertz CT molecular complexity index is 1830. The van der Waals surface area contributed by atoms with Crippen molar-refractivity contribution in [1.82, 2.24) is 0 Å². The summed E-state index contributed by atoms with van der Waals surface area (Å²) in [5.74, 6) is 0. The summed E-state index contributed by atoms with van der Waals surface area (Å²) in [7, 11) is 0. The molecule has 2 nitrogen and oxygen atoms in total. The lowest BCUT2D eigenvalue weighted by Gasteiger charge is -2.26. The number of benzene rings is 6. The van der Waals surface area contributed by atoms with Gasteiger partial charge in [-0.1, -0.05) is 109 Å². The van der Waals surface area contributed by atoms with Gasteiger partial charge in [0.15, 0.2) is 0 Å². The normalized spacial score (nSPS) is 11.2. The quantitative estimate of drug-likeness (QED) is 0.240. The third-order valence-electron chi connectivity index (χ3n) is 7.09. The van der Waals surface area contributed by atoms with Crippen LogP contribution in [0.5, 0.6) is 0 Å². The average molecular weight is 488 g/mol. The summed E-state index contributed by atoms with van der Waals surface area (Å²) < 4.78 is 6.29. The van der Waals surface area contributed by atoms with Crippen molar-refractivity contribution < 1.29 is 4.42 Å². The first kappa shape index (κ1) is 22.1. The molecule has 0 amide bonds. The molecule has 0 bridgehead atoms. The van der Waals surface area contributed by atoms with Crippen molar-refractivity contribution in [3.63, 3.8) is 0 Å². The van der Waals surface area contributed by atoms with E-state index in [-0.39, 0.29) is 0 Å². The molecule has 1 aromatic heterocycles. The fourth-order valence-electron chi connectivity index (χ4n) is 5.22. The molecule has 6 aromatic carbocycles. The zero-order valence-corrected chi connectivity index (χ0v) is 20.8. The number of furan rings is 1. The Morgan fingerprint density at radius 1 is 0.368 bits per heavy atom.